The maximum atomic E-state index is 11.5. The van der Waals surface area contributed by atoms with Gasteiger partial charge in [-0.25, -0.2) is 0 Å². The highest BCUT2D eigenvalue weighted by Crippen LogP contribution is 2.28. The molecule has 1 aromatic carbocycles. The van der Waals surface area contributed by atoms with Crippen LogP contribution in [0.3, 0.4) is 0 Å². The van der Waals surface area contributed by atoms with Gasteiger partial charge in [0, 0.05) is 11.6 Å². The zero-order chi connectivity index (χ0) is 14.1. The Bertz CT molecular complexity index is 714. The van der Waals surface area contributed by atoms with Gasteiger partial charge in [0.1, 0.15) is 11.5 Å². The summed E-state index contributed by atoms with van der Waals surface area (Å²) in [6, 6.07) is 11.7. The number of carbonyl (C=O) groups excluding carboxylic acids is 1. The summed E-state index contributed by atoms with van der Waals surface area (Å²) in [4.78, 5) is 12.0. The topological polar surface area (TPSA) is 66.1 Å². The molecule has 0 spiro atoms. The standard InChI is InChI=1S/C15H12N2O2S/c1-9-2-4-10(5-3-9)12-7-6-11(19-12)8-13-14(18)17-15(16)20-13/h2-8H,1H3,(H2,16,17,18)/b13-8+. The molecule has 0 bridgehead atoms. The second-order valence-corrected chi connectivity index (χ2v) is 5.51. The average Bonchev–Trinajstić information content (AvgIpc) is 2.98. The summed E-state index contributed by atoms with van der Waals surface area (Å²) in [5.74, 6) is 1.11. The van der Waals surface area contributed by atoms with Crippen LogP contribution in [0.25, 0.3) is 17.4 Å². The van der Waals surface area contributed by atoms with E-state index < -0.39 is 0 Å². The highest BCUT2D eigenvalue weighted by atomic mass is 32.2. The number of hydrogen-bond donors (Lipinski definition) is 2. The summed E-state index contributed by atoms with van der Waals surface area (Å²) in [6.07, 6.45) is 1.65. The van der Waals surface area contributed by atoms with E-state index in [1.54, 1.807) is 6.08 Å². The van der Waals surface area contributed by atoms with Crippen molar-refractivity contribution in [1.82, 2.24) is 5.32 Å². The minimum absolute atomic E-state index is 0.145. The first-order chi connectivity index (χ1) is 9.61. The minimum atomic E-state index is -0.256. The SMILES string of the molecule is Cc1ccc(-c2ccc(/C=C3/SC(=N)NC3=O)o2)cc1. The van der Waals surface area contributed by atoms with Gasteiger partial charge in [0.05, 0.1) is 4.91 Å². The van der Waals surface area contributed by atoms with Crippen LogP contribution in [0.1, 0.15) is 11.3 Å². The van der Waals surface area contributed by atoms with E-state index in [9.17, 15) is 4.79 Å². The number of furan rings is 1. The van der Waals surface area contributed by atoms with Crippen molar-refractivity contribution in [2.45, 2.75) is 6.92 Å². The lowest BCUT2D eigenvalue weighted by Gasteiger charge is -1.97. The van der Waals surface area contributed by atoms with E-state index >= 15 is 0 Å². The first-order valence-electron chi connectivity index (χ1n) is 6.08. The van der Waals surface area contributed by atoms with Crippen molar-refractivity contribution in [3.8, 4) is 11.3 Å². The summed E-state index contributed by atoms with van der Waals surface area (Å²) < 4.78 is 5.71. The number of thioether (sulfide) groups is 1. The van der Waals surface area contributed by atoms with E-state index in [0.29, 0.717) is 10.7 Å². The molecule has 1 saturated heterocycles. The number of aryl methyl sites for hydroxylation is 1. The highest BCUT2D eigenvalue weighted by molar-refractivity contribution is 8.18. The van der Waals surface area contributed by atoms with Crippen LogP contribution in [0, 0.1) is 12.3 Å². The molecule has 1 fully saturated rings. The van der Waals surface area contributed by atoms with Gasteiger partial charge in [-0.15, -0.1) is 0 Å². The van der Waals surface area contributed by atoms with Gasteiger partial charge >= 0.3 is 0 Å². The first-order valence-corrected chi connectivity index (χ1v) is 6.90. The molecule has 1 aromatic heterocycles. The largest absolute Gasteiger partial charge is 0.457 e. The molecule has 2 heterocycles. The van der Waals surface area contributed by atoms with Gasteiger partial charge < -0.3 is 9.73 Å². The van der Waals surface area contributed by atoms with E-state index in [-0.39, 0.29) is 11.1 Å². The molecule has 5 heteroatoms. The number of amides is 1. The van der Waals surface area contributed by atoms with Crippen LogP contribution in [-0.4, -0.2) is 11.1 Å². The van der Waals surface area contributed by atoms with Gasteiger partial charge in [-0.2, -0.15) is 0 Å². The average molecular weight is 284 g/mol. The summed E-state index contributed by atoms with van der Waals surface area (Å²) in [6.45, 7) is 2.03. The Kier molecular flexibility index (Phi) is 3.20. The molecular formula is C15H12N2O2S. The Balaban J connectivity index is 1.87. The van der Waals surface area contributed by atoms with Crippen molar-refractivity contribution < 1.29 is 9.21 Å². The van der Waals surface area contributed by atoms with Gasteiger partial charge in [0.2, 0.25) is 0 Å². The lowest BCUT2D eigenvalue weighted by atomic mass is 10.1. The number of carbonyl (C=O) groups is 1. The molecule has 2 N–H and O–H groups in total. The summed E-state index contributed by atoms with van der Waals surface area (Å²) in [5, 5.41) is 9.97. The predicted molar refractivity (Wildman–Crippen MR) is 80.3 cm³/mol. The third kappa shape index (κ3) is 2.53. The second kappa shape index (κ2) is 5.02. The summed E-state index contributed by atoms with van der Waals surface area (Å²) >= 11 is 1.10. The third-order valence-electron chi connectivity index (χ3n) is 2.90. The molecular weight excluding hydrogens is 272 g/mol. The third-order valence-corrected chi connectivity index (χ3v) is 3.73. The van der Waals surface area contributed by atoms with Crippen LogP contribution in [0.15, 0.2) is 45.7 Å². The molecule has 0 atom stereocenters. The molecule has 2 aromatic rings. The fourth-order valence-corrected chi connectivity index (χ4v) is 2.56. The van der Waals surface area contributed by atoms with Crippen molar-refractivity contribution in [2.24, 2.45) is 0 Å². The minimum Gasteiger partial charge on any atom is -0.457 e. The molecule has 0 saturated carbocycles. The lowest BCUT2D eigenvalue weighted by molar-refractivity contribution is -0.115. The molecule has 1 aliphatic rings. The number of hydrogen-bond acceptors (Lipinski definition) is 4. The number of nitrogens with one attached hydrogen (secondary N) is 2. The van der Waals surface area contributed by atoms with Gasteiger partial charge in [0.25, 0.3) is 5.91 Å². The molecule has 4 nitrogen and oxygen atoms in total. The number of benzene rings is 1. The smallest absolute Gasteiger partial charge is 0.264 e. The van der Waals surface area contributed by atoms with Crippen LogP contribution in [0.5, 0.6) is 0 Å². The van der Waals surface area contributed by atoms with Crippen molar-refractivity contribution in [1.29, 1.82) is 5.41 Å². The van der Waals surface area contributed by atoms with E-state index in [4.69, 9.17) is 9.83 Å². The monoisotopic (exact) mass is 284 g/mol. The molecule has 100 valence electrons. The van der Waals surface area contributed by atoms with Crippen LogP contribution < -0.4 is 5.32 Å². The highest BCUT2D eigenvalue weighted by Gasteiger charge is 2.22. The number of amidine groups is 1. The fraction of sp³-hybridized carbons (Fsp3) is 0.0667. The summed E-state index contributed by atoms with van der Waals surface area (Å²) in [5.41, 5.74) is 2.19. The maximum Gasteiger partial charge on any atom is 0.264 e. The normalized spacial score (nSPS) is 16.8. The van der Waals surface area contributed by atoms with Crippen LogP contribution in [0.4, 0.5) is 0 Å². The zero-order valence-electron chi connectivity index (χ0n) is 10.8. The Morgan fingerprint density at radius 3 is 2.60 bits per heavy atom. The van der Waals surface area contributed by atoms with Gasteiger partial charge in [-0.3, -0.25) is 10.2 Å². The quantitative estimate of drug-likeness (QED) is 0.831. The maximum absolute atomic E-state index is 11.5. The van der Waals surface area contributed by atoms with E-state index in [1.807, 2.05) is 43.3 Å². The Hall–Kier alpha value is -2.27. The van der Waals surface area contributed by atoms with Gasteiger partial charge in [-0.05, 0) is 30.8 Å². The van der Waals surface area contributed by atoms with Crippen molar-refractivity contribution in [3.05, 3.63) is 52.6 Å². The van der Waals surface area contributed by atoms with Crippen LogP contribution in [-0.2, 0) is 4.79 Å². The lowest BCUT2D eigenvalue weighted by Crippen LogP contribution is -2.18. The number of rotatable bonds is 2. The van der Waals surface area contributed by atoms with Crippen molar-refractivity contribution in [3.63, 3.8) is 0 Å². The van der Waals surface area contributed by atoms with Crippen molar-refractivity contribution >= 4 is 28.9 Å². The molecule has 1 aliphatic heterocycles. The molecule has 1 amide bonds. The first kappa shape index (κ1) is 12.7. The van der Waals surface area contributed by atoms with Gasteiger partial charge in [0.15, 0.2) is 5.17 Å². The van der Waals surface area contributed by atoms with Crippen LogP contribution >= 0.6 is 11.8 Å². The van der Waals surface area contributed by atoms with Crippen molar-refractivity contribution in [2.75, 3.05) is 0 Å². The molecule has 0 unspecified atom stereocenters. The molecule has 0 aliphatic carbocycles. The Morgan fingerprint density at radius 2 is 1.95 bits per heavy atom. The summed E-state index contributed by atoms with van der Waals surface area (Å²) in [7, 11) is 0. The van der Waals surface area contributed by atoms with E-state index in [0.717, 1.165) is 23.1 Å². The van der Waals surface area contributed by atoms with E-state index in [1.165, 1.54) is 5.56 Å². The molecule has 3 rings (SSSR count). The fourth-order valence-electron chi connectivity index (χ4n) is 1.87. The second-order valence-electron chi connectivity index (χ2n) is 4.46. The Labute approximate surface area is 120 Å². The van der Waals surface area contributed by atoms with Gasteiger partial charge in [-0.1, -0.05) is 29.8 Å². The molecule has 20 heavy (non-hydrogen) atoms. The van der Waals surface area contributed by atoms with Crippen LogP contribution in [0.2, 0.25) is 0 Å². The Morgan fingerprint density at radius 1 is 1.20 bits per heavy atom. The zero-order valence-corrected chi connectivity index (χ0v) is 11.6. The van der Waals surface area contributed by atoms with E-state index in [2.05, 4.69) is 5.32 Å². The molecule has 0 radical (unpaired) electrons. The predicted octanol–water partition coefficient (Wildman–Crippen LogP) is 3.39.